The number of carbonyl (C=O) groups excluding carboxylic acids is 2. The Labute approximate surface area is 126 Å². The zero-order valence-corrected chi connectivity index (χ0v) is 12.7. The number of carbonyl (C=O) groups is 2. The molecule has 0 saturated heterocycles. The lowest BCUT2D eigenvalue weighted by atomic mass is 10.2. The Morgan fingerprint density at radius 1 is 1.48 bits per heavy atom. The molecule has 0 saturated carbocycles. The maximum atomic E-state index is 11.6. The molecule has 0 aromatic heterocycles. The molecule has 0 heterocycles. The predicted octanol–water partition coefficient (Wildman–Crippen LogP) is 2.00. The highest BCUT2D eigenvalue weighted by Gasteiger charge is 2.20. The van der Waals surface area contributed by atoms with Gasteiger partial charge in [-0.25, -0.2) is 0 Å². The minimum atomic E-state index is -0.513. The number of hydrogen-bond donors (Lipinski definition) is 1. The monoisotopic (exact) mass is 312 g/mol. The normalized spacial score (nSPS) is 11.6. The number of nitro benzene ring substituents is 1. The van der Waals surface area contributed by atoms with Gasteiger partial charge in [-0.3, -0.25) is 19.7 Å². The van der Waals surface area contributed by atoms with E-state index in [2.05, 4.69) is 10.1 Å². The van der Waals surface area contributed by atoms with Gasteiger partial charge in [0.05, 0.1) is 23.3 Å². The van der Waals surface area contributed by atoms with E-state index in [1.165, 1.54) is 32.4 Å². The molecule has 0 aliphatic heterocycles. The summed E-state index contributed by atoms with van der Waals surface area (Å²) in [5.74, 6) is -0.715. The summed E-state index contributed by atoms with van der Waals surface area (Å²) in [5.41, 5.74) is 0.236. The van der Waals surface area contributed by atoms with Crippen LogP contribution in [-0.4, -0.2) is 36.2 Å². The van der Waals surface area contributed by atoms with Crippen molar-refractivity contribution < 1.29 is 19.2 Å². The Hall–Kier alpha value is -2.09. The molecule has 0 aliphatic rings. The van der Waals surface area contributed by atoms with Gasteiger partial charge in [0.25, 0.3) is 11.6 Å². The molecule has 7 nitrogen and oxygen atoms in total. The maximum absolute atomic E-state index is 11.6. The highest BCUT2D eigenvalue weighted by Crippen LogP contribution is 2.34. The summed E-state index contributed by atoms with van der Waals surface area (Å²) >= 11 is 1.16. The fourth-order valence-corrected chi connectivity index (χ4v) is 2.73. The summed E-state index contributed by atoms with van der Waals surface area (Å²) < 4.78 is 4.57. The van der Waals surface area contributed by atoms with Gasteiger partial charge in [-0.05, 0) is 12.1 Å². The van der Waals surface area contributed by atoms with E-state index in [0.717, 1.165) is 11.8 Å². The Bertz CT molecular complexity index is 561. The largest absolute Gasteiger partial charge is 0.469 e. The van der Waals surface area contributed by atoms with Crippen LogP contribution in [0.2, 0.25) is 0 Å². The van der Waals surface area contributed by atoms with Crippen molar-refractivity contribution in [1.29, 1.82) is 0 Å². The second-order valence-corrected chi connectivity index (χ2v) is 5.71. The lowest BCUT2D eigenvalue weighted by molar-refractivity contribution is -0.387. The number of rotatable bonds is 6. The number of hydrogen-bond acceptors (Lipinski definition) is 6. The number of nitrogens with one attached hydrogen (secondary N) is 1. The molecular formula is C13H16N2O5S. The first kappa shape index (κ1) is 17.0. The highest BCUT2D eigenvalue weighted by atomic mass is 32.2. The van der Waals surface area contributed by atoms with E-state index in [1.54, 1.807) is 6.92 Å². The van der Waals surface area contributed by atoms with Crippen LogP contribution in [0.5, 0.6) is 0 Å². The van der Waals surface area contributed by atoms with Gasteiger partial charge >= 0.3 is 5.97 Å². The molecule has 0 spiro atoms. The standard InChI is InChI=1S/C13H16N2O5S/c1-8(6-12(16)20-3)21-11-7-9(13(17)14-2)4-5-10(11)15(18)19/h4-5,7-8H,6H2,1-3H3,(H,14,17). The number of nitro groups is 1. The lowest BCUT2D eigenvalue weighted by Crippen LogP contribution is -2.18. The molecule has 0 fully saturated rings. The molecule has 114 valence electrons. The second-order valence-electron chi connectivity index (χ2n) is 4.23. The first-order valence-corrected chi connectivity index (χ1v) is 7.01. The number of esters is 1. The molecule has 21 heavy (non-hydrogen) atoms. The van der Waals surface area contributed by atoms with Crippen molar-refractivity contribution in [2.75, 3.05) is 14.2 Å². The van der Waals surface area contributed by atoms with Crippen LogP contribution in [0.1, 0.15) is 23.7 Å². The third-order valence-electron chi connectivity index (χ3n) is 2.66. The predicted molar refractivity (Wildman–Crippen MR) is 78.4 cm³/mol. The summed E-state index contributed by atoms with van der Waals surface area (Å²) in [6.07, 6.45) is 0.128. The van der Waals surface area contributed by atoms with Crippen molar-refractivity contribution in [3.63, 3.8) is 0 Å². The first-order chi connectivity index (χ1) is 9.88. The van der Waals surface area contributed by atoms with Gasteiger partial charge in [0.2, 0.25) is 0 Å². The summed E-state index contributed by atoms with van der Waals surface area (Å²) in [4.78, 5) is 33.7. The molecule has 1 aromatic carbocycles. The van der Waals surface area contributed by atoms with Gasteiger partial charge in [-0.2, -0.15) is 0 Å². The number of thioether (sulfide) groups is 1. The summed E-state index contributed by atoms with van der Waals surface area (Å²) in [6, 6.07) is 4.14. The van der Waals surface area contributed by atoms with Crippen LogP contribution in [0.15, 0.2) is 23.1 Å². The Morgan fingerprint density at radius 3 is 2.67 bits per heavy atom. The van der Waals surface area contributed by atoms with Crippen LogP contribution < -0.4 is 5.32 Å². The van der Waals surface area contributed by atoms with Gasteiger partial charge in [-0.1, -0.05) is 6.92 Å². The van der Waals surface area contributed by atoms with Crippen LogP contribution in [0.3, 0.4) is 0 Å². The topological polar surface area (TPSA) is 98.5 Å². The van der Waals surface area contributed by atoms with Crippen molar-refractivity contribution in [2.45, 2.75) is 23.5 Å². The average molecular weight is 312 g/mol. The van der Waals surface area contributed by atoms with Gasteiger partial charge in [0.15, 0.2) is 0 Å². The fraction of sp³-hybridized carbons (Fsp3) is 0.385. The quantitative estimate of drug-likeness (QED) is 0.373. The third-order valence-corrected chi connectivity index (χ3v) is 3.81. The van der Waals surface area contributed by atoms with Gasteiger partial charge < -0.3 is 10.1 Å². The van der Waals surface area contributed by atoms with E-state index in [0.29, 0.717) is 10.5 Å². The molecule has 0 bridgehead atoms. The van der Waals surface area contributed by atoms with Crippen molar-refractivity contribution >= 4 is 29.3 Å². The van der Waals surface area contributed by atoms with Crippen molar-refractivity contribution in [2.24, 2.45) is 0 Å². The van der Waals surface area contributed by atoms with Crippen molar-refractivity contribution in [1.82, 2.24) is 5.32 Å². The Kier molecular flexibility index (Phi) is 6.16. The van der Waals surface area contributed by atoms with Crippen molar-refractivity contribution in [3.05, 3.63) is 33.9 Å². The smallest absolute Gasteiger partial charge is 0.306 e. The molecule has 1 rings (SSSR count). The SMILES string of the molecule is CNC(=O)c1ccc([N+](=O)[O-])c(SC(C)CC(=O)OC)c1. The molecule has 0 aliphatic carbocycles. The van der Waals surface area contributed by atoms with Crippen LogP contribution >= 0.6 is 11.8 Å². The molecule has 8 heteroatoms. The van der Waals surface area contributed by atoms with Gasteiger partial charge in [0.1, 0.15) is 0 Å². The fourth-order valence-electron chi connectivity index (χ4n) is 1.62. The Balaban J connectivity index is 3.03. The zero-order chi connectivity index (χ0) is 16.0. The average Bonchev–Trinajstić information content (AvgIpc) is 2.45. The van der Waals surface area contributed by atoms with Crippen molar-refractivity contribution in [3.8, 4) is 0 Å². The van der Waals surface area contributed by atoms with Gasteiger partial charge in [-0.15, -0.1) is 11.8 Å². The molecule has 1 aromatic rings. The summed E-state index contributed by atoms with van der Waals surface area (Å²) in [5, 5.41) is 13.3. The molecule has 1 amide bonds. The molecule has 1 unspecified atom stereocenters. The van der Waals surface area contributed by atoms with Gasteiger partial charge in [0, 0.05) is 23.9 Å². The first-order valence-electron chi connectivity index (χ1n) is 6.13. The maximum Gasteiger partial charge on any atom is 0.306 e. The minimum Gasteiger partial charge on any atom is -0.469 e. The zero-order valence-electron chi connectivity index (χ0n) is 11.9. The second kappa shape index (κ2) is 7.63. The van der Waals surface area contributed by atoms with Crippen LogP contribution in [0.4, 0.5) is 5.69 Å². The molecular weight excluding hydrogens is 296 g/mol. The molecule has 1 N–H and O–H groups in total. The van der Waals surface area contributed by atoms with E-state index >= 15 is 0 Å². The Morgan fingerprint density at radius 2 is 2.14 bits per heavy atom. The highest BCUT2D eigenvalue weighted by molar-refractivity contribution is 8.00. The van der Waals surface area contributed by atoms with Crippen LogP contribution in [0, 0.1) is 10.1 Å². The lowest BCUT2D eigenvalue weighted by Gasteiger charge is -2.11. The van der Waals surface area contributed by atoms with E-state index in [-0.39, 0.29) is 29.2 Å². The molecule has 0 radical (unpaired) electrons. The summed E-state index contributed by atoms with van der Waals surface area (Å²) in [7, 11) is 2.77. The number of nitrogens with zero attached hydrogens (tertiary/aromatic N) is 1. The third kappa shape index (κ3) is 4.75. The molecule has 1 atom stereocenters. The van der Waals surface area contributed by atoms with E-state index in [4.69, 9.17) is 0 Å². The number of ether oxygens (including phenoxy) is 1. The van der Waals surface area contributed by atoms with E-state index in [1.807, 2.05) is 0 Å². The van der Waals surface area contributed by atoms with Crippen LogP contribution in [0.25, 0.3) is 0 Å². The van der Waals surface area contributed by atoms with E-state index in [9.17, 15) is 19.7 Å². The summed E-state index contributed by atoms with van der Waals surface area (Å²) in [6.45, 7) is 1.76. The van der Waals surface area contributed by atoms with Crippen LogP contribution in [-0.2, 0) is 9.53 Å². The minimum absolute atomic E-state index is 0.0932. The number of benzene rings is 1. The number of amides is 1. The van der Waals surface area contributed by atoms with E-state index < -0.39 is 4.92 Å². The number of methoxy groups -OCH3 is 1.